The quantitative estimate of drug-likeness (QED) is 0.567. The SMILES string of the molecule is [3H]OCC1C=CC=CC1. The summed E-state index contributed by atoms with van der Waals surface area (Å²) in [6, 6.07) is 0. The van der Waals surface area contributed by atoms with E-state index in [1.807, 2.05) is 12.2 Å². The van der Waals surface area contributed by atoms with Crippen molar-refractivity contribution in [3.8, 4) is 0 Å². The van der Waals surface area contributed by atoms with Gasteiger partial charge in [-0.3, -0.25) is 0 Å². The topological polar surface area (TPSA) is 20.2 Å². The summed E-state index contributed by atoms with van der Waals surface area (Å²) in [5, 5.41) is 4.25. The molecular weight excluding hydrogens is 100 g/mol. The number of hydrogen-bond donors (Lipinski definition) is 1. The first kappa shape index (κ1) is 4.33. The van der Waals surface area contributed by atoms with Gasteiger partial charge in [0.05, 0.1) is 0 Å². The number of aliphatic hydroxyl groups excluding tert-OH is 1. The first-order valence-electron chi connectivity index (χ1n) is 3.26. The molecule has 0 aromatic heterocycles. The predicted molar refractivity (Wildman–Crippen MR) is 33.5 cm³/mol. The van der Waals surface area contributed by atoms with Crippen molar-refractivity contribution in [1.82, 2.24) is 0 Å². The lowest BCUT2D eigenvalue weighted by atomic mass is 10.0. The van der Waals surface area contributed by atoms with Crippen LogP contribution in [0.25, 0.3) is 0 Å². The normalized spacial score (nSPS) is 28.0. The third-order valence-electron chi connectivity index (χ3n) is 1.28. The van der Waals surface area contributed by atoms with Crippen LogP contribution < -0.4 is 0 Å². The van der Waals surface area contributed by atoms with E-state index in [1.54, 1.807) is 0 Å². The molecule has 1 unspecified atom stereocenters. The Morgan fingerprint density at radius 3 is 3.38 bits per heavy atom. The van der Waals surface area contributed by atoms with Gasteiger partial charge in [0.2, 0.25) is 1.43 Å². The van der Waals surface area contributed by atoms with Crippen LogP contribution in [0.5, 0.6) is 0 Å². The highest BCUT2D eigenvalue weighted by Crippen LogP contribution is 2.08. The van der Waals surface area contributed by atoms with E-state index in [0.29, 0.717) is 12.5 Å². The maximum Gasteiger partial charge on any atom is 0.210 e. The fourth-order valence-electron chi connectivity index (χ4n) is 0.755. The first-order valence-corrected chi connectivity index (χ1v) is 2.85. The lowest BCUT2D eigenvalue weighted by molar-refractivity contribution is 0.253. The minimum Gasteiger partial charge on any atom is -0.396 e. The van der Waals surface area contributed by atoms with Crippen molar-refractivity contribution in [2.45, 2.75) is 6.42 Å². The zero-order valence-corrected chi connectivity index (χ0v) is 4.71. The fourth-order valence-corrected chi connectivity index (χ4v) is 0.755. The number of allylic oxidation sites excluding steroid dienone is 3. The summed E-state index contributed by atoms with van der Waals surface area (Å²) < 4.78 is 6.48. The van der Waals surface area contributed by atoms with E-state index >= 15 is 0 Å². The number of hydrogen-bond acceptors (Lipinski definition) is 1. The highest BCUT2D eigenvalue weighted by atomic mass is 16.3. The summed E-state index contributed by atoms with van der Waals surface area (Å²) in [6.45, 7) is 0.515. The maximum absolute atomic E-state index is 6.48. The van der Waals surface area contributed by atoms with E-state index in [1.165, 1.54) is 0 Å². The molecule has 0 spiro atoms. The van der Waals surface area contributed by atoms with Crippen molar-refractivity contribution in [1.29, 1.82) is 1.43 Å². The Morgan fingerprint density at radius 1 is 1.75 bits per heavy atom. The molecule has 0 saturated carbocycles. The highest BCUT2D eigenvalue weighted by Gasteiger charge is 2.00. The summed E-state index contributed by atoms with van der Waals surface area (Å²) >= 11 is 0. The monoisotopic (exact) mass is 112 g/mol. The maximum atomic E-state index is 6.48. The standard InChI is InChI=1S/C7H10O/c8-6-7-4-2-1-3-5-7/h1-4,7-8H,5-6H2/i8T. The van der Waals surface area contributed by atoms with Gasteiger partial charge in [-0.2, -0.15) is 0 Å². The van der Waals surface area contributed by atoms with Crippen molar-refractivity contribution in [3.05, 3.63) is 24.3 Å². The highest BCUT2D eigenvalue weighted by molar-refractivity contribution is 5.10. The van der Waals surface area contributed by atoms with Crippen molar-refractivity contribution in [2.75, 3.05) is 6.61 Å². The van der Waals surface area contributed by atoms with Crippen LogP contribution in [-0.2, 0) is 0 Å². The Balaban J connectivity index is 2.28. The number of aliphatic hydroxyl groups is 1. The largest absolute Gasteiger partial charge is 0.396 e. The molecule has 0 amide bonds. The van der Waals surface area contributed by atoms with Gasteiger partial charge in [-0.1, -0.05) is 24.3 Å². The summed E-state index contributed by atoms with van der Waals surface area (Å²) in [5.41, 5.74) is 0. The van der Waals surface area contributed by atoms with Crippen molar-refractivity contribution in [3.63, 3.8) is 0 Å². The summed E-state index contributed by atoms with van der Waals surface area (Å²) in [4.78, 5) is 0. The Kier molecular flexibility index (Phi) is 1.45. The molecule has 0 fully saturated rings. The molecule has 0 aromatic carbocycles. The van der Waals surface area contributed by atoms with E-state index in [9.17, 15) is 0 Å². The minimum atomic E-state index is 0.424. The molecule has 0 radical (unpaired) electrons. The molecule has 1 N–H and O–H groups in total. The fraction of sp³-hybridized carbons (Fsp3) is 0.429. The summed E-state index contributed by atoms with van der Waals surface area (Å²) in [5.74, 6) is 0.424. The Labute approximate surface area is 50.8 Å². The lowest BCUT2D eigenvalue weighted by Crippen LogP contribution is -2.01. The van der Waals surface area contributed by atoms with Crippen LogP contribution in [0.1, 0.15) is 6.42 Å². The zero-order chi connectivity index (χ0) is 6.53. The average Bonchev–Trinajstić information content (AvgIpc) is 1.91. The molecule has 1 nitrogen and oxygen atoms in total. The first-order chi connectivity index (χ1) is 4.43. The average molecular weight is 112 g/mol. The van der Waals surface area contributed by atoms with E-state index in [2.05, 4.69) is 17.3 Å². The van der Waals surface area contributed by atoms with E-state index in [0.717, 1.165) is 6.42 Å². The molecule has 44 valence electrons. The second-order valence-electron chi connectivity index (χ2n) is 1.98. The van der Waals surface area contributed by atoms with Crippen LogP contribution in [0, 0.1) is 5.92 Å². The van der Waals surface area contributed by atoms with Gasteiger partial charge < -0.3 is 5.11 Å². The van der Waals surface area contributed by atoms with Crippen LogP contribution in [0.3, 0.4) is 0 Å². The van der Waals surface area contributed by atoms with E-state index in [4.69, 9.17) is 1.43 Å². The van der Waals surface area contributed by atoms with Gasteiger partial charge in [-0.25, -0.2) is 0 Å². The molecule has 0 heterocycles. The minimum absolute atomic E-state index is 0.424. The molecule has 1 heteroatoms. The molecule has 1 aliphatic carbocycles. The molecule has 0 bridgehead atoms. The van der Waals surface area contributed by atoms with Gasteiger partial charge in [-0.15, -0.1) is 0 Å². The van der Waals surface area contributed by atoms with Crippen LogP contribution in [0.2, 0.25) is 0 Å². The van der Waals surface area contributed by atoms with Crippen molar-refractivity contribution >= 4 is 0 Å². The smallest absolute Gasteiger partial charge is 0.210 e. The Bertz CT molecular complexity index is 129. The van der Waals surface area contributed by atoms with Gasteiger partial charge in [0, 0.05) is 12.5 Å². The van der Waals surface area contributed by atoms with Gasteiger partial charge in [0.25, 0.3) is 0 Å². The second-order valence-corrected chi connectivity index (χ2v) is 1.98. The van der Waals surface area contributed by atoms with Gasteiger partial charge in [0.15, 0.2) is 0 Å². The predicted octanol–water partition coefficient (Wildman–Crippen LogP) is 1.11. The van der Waals surface area contributed by atoms with Crippen LogP contribution in [0.15, 0.2) is 24.3 Å². The van der Waals surface area contributed by atoms with Crippen LogP contribution in [0.4, 0.5) is 0 Å². The second kappa shape index (κ2) is 2.68. The summed E-state index contributed by atoms with van der Waals surface area (Å²) in [7, 11) is 0. The van der Waals surface area contributed by atoms with E-state index in [-0.39, 0.29) is 0 Å². The molecular formula is C7H10O. The third kappa shape index (κ3) is 1.20. The molecule has 8 heavy (non-hydrogen) atoms. The Morgan fingerprint density at radius 2 is 2.75 bits per heavy atom. The van der Waals surface area contributed by atoms with Gasteiger partial charge in [0.1, 0.15) is 0 Å². The third-order valence-corrected chi connectivity index (χ3v) is 1.28. The molecule has 0 aromatic rings. The summed E-state index contributed by atoms with van der Waals surface area (Å²) in [6.07, 6.45) is 9.17. The molecule has 0 aliphatic heterocycles. The van der Waals surface area contributed by atoms with Crippen LogP contribution >= 0.6 is 0 Å². The molecule has 1 atom stereocenters. The zero-order valence-electron chi connectivity index (χ0n) is 5.71. The van der Waals surface area contributed by atoms with Crippen molar-refractivity contribution < 1.29 is 5.11 Å². The van der Waals surface area contributed by atoms with Crippen molar-refractivity contribution in [2.24, 2.45) is 5.92 Å². The lowest BCUT2D eigenvalue weighted by Gasteiger charge is -2.06. The van der Waals surface area contributed by atoms with E-state index < -0.39 is 0 Å². The van der Waals surface area contributed by atoms with Crippen LogP contribution in [-0.4, -0.2) is 13.1 Å². The molecule has 1 rings (SSSR count). The number of rotatable bonds is 2. The van der Waals surface area contributed by atoms with Gasteiger partial charge in [-0.05, 0) is 6.42 Å². The Hall–Kier alpha value is -0.560. The van der Waals surface area contributed by atoms with Gasteiger partial charge >= 0.3 is 0 Å². The molecule has 0 saturated heterocycles. The molecule has 1 aliphatic rings.